The lowest BCUT2D eigenvalue weighted by molar-refractivity contribution is -0.311. The highest BCUT2D eigenvalue weighted by atomic mass is 16.7. The summed E-state index contributed by atoms with van der Waals surface area (Å²) < 4.78 is 25.2. The number of esters is 1. The van der Waals surface area contributed by atoms with E-state index in [1.165, 1.54) is 6.92 Å². The molecule has 4 fully saturated rings. The lowest BCUT2D eigenvalue weighted by Gasteiger charge is -2.49. The maximum absolute atomic E-state index is 14.5. The number of nitrogens with one attached hydrogen (secondary N) is 2. The van der Waals surface area contributed by atoms with Gasteiger partial charge in [-0.15, -0.1) is 0 Å². The Morgan fingerprint density at radius 2 is 1.87 bits per heavy atom. The molecular weight excluding hydrogens is 610 g/mol. The molecule has 0 spiro atoms. The van der Waals surface area contributed by atoms with Crippen LogP contribution < -0.4 is 10.6 Å². The number of terminal acetylenes is 1. The van der Waals surface area contributed by atoms with Crippen molar-refractivity contribution in [3.63, 3.8) is 0 Å². The van der Waals surface area contributed by atoms with Gasteiger partial charge in [-0.2, -0.15) is 0 Å². The third-order valence-corrected chi connectivity index (χ3v) is 10.7. The van der Waals surface area contributed by atoms with Crippen LogP contribution in [0.5, 0.6) is 0 Å². The van der Waals surface area contributed by atoms with E-state index in [1.807, 2.05) is 20.8 Å². The molecule has 270 valence electrons. The summed E-state index contributed by atoms with van der Waals surface area (Å²) >= 11 is 0. The first-order chi connectivity index (χ1) is 21.9. The number of likely N-dealkylation sites (N-methyl/N-ethyl adjacent to an activating group) is 1. The number of Topliss-reactive ketones (excluding diaryl/α,β-unsaturated/α-hetero) is 1. The van der Waals surface area contributed by atoms with Crippen molar-refractivity contribution in [2.24, 2.45) is 17.3 Å². The van der Waals surface area contributed by atoms with Crippen LogP contribution in [0.4, 0.5) is 0 Å². The van der Waals surface area contributed by atoms with Gasteiger partial charge in [0.1, 0.15) is 29.3 Å². The molecule has 0 saturated carbocycles. The van der Waals surface area contributed by atoms with Crippen LogP contribution in [-0.2, 0) is 28.5 Å². The van der Waals surface area contributed by atoms with E-state index in [2.05, 4.69) is 16.7 Å². The minimum Gasteiger partial charge on any atom is -0.458 e. The van der Waals surface area contributed by atoms with Crippen LogP contribution in [-0.4, -0.2) is 137 Å². The number of rotatable bonds is 7. The van der Waals surface area contributed by atoms with Gasteiger partial charge in [-0.05, 0) is 79.9 Å². The van der Waals surface area contributed by atoms with E-state index in [4.69, 9.17) is 25.4 Å². The fourth-order valence-corrected chi connectivity index (χ4v) is 7.72. The molecule has 13 heteroatoms. The molecule has 13 nitrogen and oxygen atoms in total. The summed E-state index contributed by atoms with van der Waals surface area (Å²) in [7, 11) is 3.58. The first kappa shape index (κ1) is 39.6. The number of aliphatic hydroxyl groups excluding tert-OH is 3. The van der Waals surface area contributed by atoms with Crippen molar-refractivity contribution in [3.8, 4) is 12.5 Å². The molecule has 47 heavy (non-hydrogen) atoms. The quantitative estimate of drug-likeness (QED) is 0.0936. The highest BCUT2D eigenvalue weighted by molar-refractivity contribution is 6.04. The Morgan fingerprint density at radius 1 is 1.21 bits per heavy atom. The number of nitrogens with zero attached hydrogens (tertiary/aromatic N) is 1. The lowest BCUT2D eigenvalue weighted by atomic mass is 9.70. The van der Waals surface area contributed by atoms with Crippen molar-refractivity contribution in [2.45, 2.75) is 140 Å². The van der Waals surface area contributed by atoms with Crippen molar-refractivity contribution < 1.29 is 49.0 Å². The van der Waals surface area contributed by atoms with Crippen LogP contribution >= 0.6 is 0 Å². The fraction of sp³-hybridized carbons (Fsp3) is 0.882. The SMILES string of the molecule is C#CN[C@@H]1[C@@H](C)NC[C@H](C)C[C@]2(C)OCC[C@@](C)(C(=O)O[C@H](CC)[C@@]1(C)O)C(=O)[C@H](C)[C@H]2O[C@@H]1OC([C@H](O)CO)C[C@H](N(C)C)[C@H]1O. The predicted molar refractivity (Wildman–Crippen MR) is 174 cm³/mol. The van der Waals surface area contributed by atoms with Crippen LogP contribution in [0.25, 0.3) is 0 Å². The summed E-state index contributed by atoms with van der Waals surface area (Å²) in [6.07, 6.45) is 0.0810. The number of carbonyl (C=O) groups is 2. The van der Waals surface area contributed by atoms with Crippen LogP contribution in [0.2, 0.25) is 0 Å². The Morgan fingerprint density at radius 3 is 2.45 bits per heavy atom. The molecule has 0 aromatic rings. The number of carbonyl (C=O) groups excluding carboxylic acids is 2. The standard InChI is InChI=1S/C34H59N3O10/c1-11-25-34(8,43)27(35-12-2)21(5)36-17-19(3)16-33(7)29(20(4)28(41)32(6,13-14-44-33)31(42)46-25)47-30-26(40)22(37(9)10)15-24(45-30)23(39)18-38/h2,19-27,29-30,35-36,38-40,43H,11,13-18H2,1,3-10H3/t19-,20+,21-,22+,23-,24?,25-,26-,27-,29-,30+,32-,33+,34-/m1/s1. The van der Waals surface area contributed by atoms with Gasteiger partial charge in [-0.25, -0.2) is 0 Å². The normalized spacial score (nSPS) is 44.9. The second-order valence-corrected chi connectivity index (χ2v) is 14.8. The molecule has 6 N–H and O–H groups in total. The number of hydrogen-bond donors (Lipinski definition) is 6. The molecule has 0 amide bonds. The highest BCUT2D eigenvalue weighted by Gasteiger charge is 2.56. The van der Waals surface area contributed by atoms with Gasteiger partial charge in [0.25, 0.3) is 0 Å². The molecule has 0 aliphatic carbocycles. The molecular formula is C34H59N3O10. The molecule has 1 unspecified atom stereocenters. The van der Waals surface area contributed by atoms with E-state index in [0.717, 1.165) is 0 Å². The Hall–Kier alpha value is -1.86. The molecule has 4 heterocycles. The van der Waals surface area contributed by atoms with Crippen molar-refractivity contribution in [1.82, 2.24) is 15.5 Å². The van der Waals surface area contributed by atoms with Crippen LogP contribution in [0, 0.1) is 29.7 Å². The number of ketones is 1. The largest absolute Gasteiger partial charge is 0.458 e. The monoisotopic (exact) mass is 669 g/mol. The fourth-order valence-electron chi connectivity index (χ4n) is 7.72. The topological polar surface area (TPSA) is 179 Å². The molecule has 0 radical (unpaired) electrons. The van der Waals surface area contributed by atoms with Gasteiger partial charge >= 0.3 is 5.97 Å². The van der Waals surface area contributed by atoms with E-state index >= 15 is 0 Å². The average molecular weight is 670 g/mol. The van der Waals surface area contributed by atoms with Crippen LogP contribution in [0.15, 0.2) is 0 Å². The molecule has 0 aromatic carbocycles. The van der Waals surface area contributed by atoms with Gasteiger partial charge in [-0.3, -0.25) is 9.59 Å². The molecule has 4 aliphatic heterocycles. The molecule has 14 atom stereocenters. The van der Waals surface area contributed by atoms with Gasteiger partial charge < -0.3 is 54.9 Å². The van der Waals surface area contributed by atoms with E-state index in [-0.39, 0.29) is 37.8 Å². The number of ether oxygens (including phenoxy) is 4. The lowest BCUT2D eigenvalue weighted by Crippen LogP contribution is -2.63. The van der Waals surface area contributed by atoms with Gasteiger partial charge in [0.05, 0.1) is 30.5 Å². The predicted octanol–water partition coefficient (Wildman–Crippen LogP) is 0.161. The smallest absolute Gasteiger partial charge is 0.319 e. The zero-order valence-corrected chi connectivity index (χ0v) is 29.6. The van der Waals surface area contributed by atoms with Crippen molar-refractivity contribution >= 4 is 11.8 Å². The maximum atomic E-state index is 14.5. The molecule has 0 aromatic heterocycles. The number of hydrogen-bond acceptors (Lipinski definition) is 13. The van der Waals surface area contributed by atoms with Crippen molar-refractivity contribution in [2.75, 3.05) is 33.9 Å². The minimum absolute atomic E-state index is 0.0334. The third kappa shape index (κ3) is 8.31. The number of aliphatic hydroxyl groups is 4. The zero-order valence-electron chi connectivity index (χ0n) is 29.6. The molecule has 4 saturated heterocycles. The van der Waals surface area contributed by atoms with E-state index in [1.54, 1.807) is 39.8 Å². The van der Waals surface area contributed by atoms with Gasteiger partial charge in [0.15, 0.2) is 12.1 Å². The second kappa shape index (κ2) is 15.8. The number of fused-ring (bicyclic) bond motifs is 13. The Kier molecular flexibility index (Phi) is 13.3. The van der Waals surface area contributed by atoms with Crippen molar-refractivity contribution in [3.05, 3.63) is 0 Å². The van der Waals surface area contributed by atoms with E-state index in [9.17, 15) is 30.0 Å². The van der Waals surface area contributed by atoms with Crippen LogP contribution in [0.1, 0.15) is 74.1 Å². The van der Waals surface area contributed by atoms with Gasteiger partial charge in [-0.1, -0.05) is 27.2 Å². The van der Waals surface area contributed by atoms with Gasteiger partial charge in [0, 0.05) is 30.7 Å². The second-order valence-electron chi connectivity index (χ2n) is 14.8. The summed E-state index contributed by atoms with van der Waals surface area (Å²) in [4.78, 5) is 30.4. The van der Waals surface area contributed by atoms with Crippen LogP contribution in [0.3, 0.4) is 0 Å². The van der Waals surface area contributed by atoms with Crippen molar-refractivity contribution in [1.29, 1.82) is 0 Å². The summed E-state index contributed by atoms with van der Waals surface area (Å²) in [5.74, 6) is -2.19. The average Bonchev–Trinajstić information content (AvgIpc) is 3.01. The van der Waals surface area contributed by atoms with E-state index in [0.29, 0.717) is 13.0 Å². The summed E-state index contributed by atoms with van der Waals surface area (Å²) in [6.45, 7) is 12.3. The molecule has 2 bridgehead atoms. The highest BCUT2D eigenvalue weighted by Crippen LogP contribution is 2.42. The molecule has 4 rings (SSSR count). The summed E-state index contributed by atoms with van der Waals surface area (Å²) in [5.41, 5.74) is -4.34. The Bertz CT molecular complexity index is 1120. The Labute approximate surface area is 280 Å². The van der Waals surface area contributed by atoms with E-state index < -0.39 is 89.8 Å². The maximum Gasteiger partial charge on any atom is 0.319 e. The summed E-state index contributed by atoms with van der Waals surface area (Å²) in [6, 6.07) is 0.875. The minimum atomic E-state index is -1.65. The summed E-state index contributed by atoms with van der Waals surface area (Å²) in [5, 5.41) is 49.8. The third-order valence-electron chi connectivity index (χ3n) is 10.7. The van der Waals surface area contributed by atoms with Gasteiger partial charge in [0.2, 0.25) is 0 Å². The Balaban J connectivity index is 2.12. The first-order valence-corrected chi connectivity index (χ1v) is 16.9. The first-order valence-electron chi connectivity index (χ1n) is 16.9. The molecule has 4 aliphatic rings. The zero-order chi connectivity index (χ0) is 35.5.